The van der Waals surface area contributed by atoms with Crippen molar-refractivity contribution in [3.63, 3.8) is 0 Å². The molecule has 31 heavy (non-hydrogen) atoms. The second-order valence-electron chi connectivity index (χ2n) is 8.45. The molecule has 1 spiro atoms. The molecule has 1 N–H and O–H groups in total. The van der Waals surface area contributed by atoms with Gasteiger partial charge in [0.05, 0.1) is 11.6 Å². The molecule has 158 valence electrons. The first-order chi connectivity index (χ1) is 14.5. The van der Waals surface area contributed by atoms with Crippen molar-refractivity contribution >= 4 is 17.2 Å². The van der Waals surface area contributed by atoms with E-state index >= 15 is 0 Å². The molecule has 2 aliphatic heterocycles. The number of hydrogen-bond donors (Lipinski definition) is 1. The van der Waals surface area contributed by atoms with Crippen LogP contribution in [0.2, 0.25) is 0 Å². The number of pyridine rings is 1. The molecule has 8 heteroatoms. The van der Waals surface area contributed by atoms with Crippen LogP contribution in [-0.2, 0) is 0 Å². The minimum Gasteiger partial charge on any atom is -0.662 e. The van der Waals surface area contributed by atoms with E-state index in [9.17, 15) is 9.18 Å². The maximum atomic E-state index is 14.0. The Morgan fingerprint density at radius 1 is 1.26 bits per heavy atom. The van der Waals surface area contributed by atoms with Crippen LogP contribution in [0.3, 0.4) is 0 Å². The third kappa shape index (κ3) is 4.45. The third-order valence-corrected chi connectivity index (χ3v) is 6.23. The van der Waals surface area contributed by atoms with E-state index in [4.69, 9.17) is 0 Å². The third-order valence-electron chi connectivity index (χ3n) is 6.23. The Morgan fingerprint density at radius 3 is 2.74 bits per heavy atom. The number of aromatic nitrogens is 2. The molecule has 6 rings (SSSR count). The smallest absolute Gasteiger partial charge is 0.662 e. The molecule has 0 radical (unpaired) electrons. The number of fused-ring (bicyclic) bond motifs is 2. The second-order valence-corrected chi connectivity index (χ2v) is 8.45. The van der Waals surface area contributed by atoms with Crippen LogP contribution in [0.25, 0.3) is 27.4 Å². The molecule has 1 amide bonds. The Morgan fingerprint density at radius 2 is 2.06 bits per heavy atom. The van der Waals surface area contributed by atoms with Crippen LogP contribution in [0.5, 0.6) is 0 Å². The van der Waals surface area contributed by atoms with Gasteiger partial charge in [0.2, 0.25) is 0 Å². The topological polar surface area (TPSA) is 74.6 Å². The SMILES string of the molecule is C[N-]C1CCNC2(CC2)C1.Cc1cn2cc(-c3ccc4c(c3)[N-]C4=O)cc(F)c2n1.[U+2]. The predicted molar refractivity (Wildman–Crippen MR) is 115 cm³/mol. The number of nitrogens with one attached hydrogen (secondary N) is 1. The Labute approximate surface area is 204 Å². The number of amides is 1. The summed E-state index contributed by atoms with van der Waals surface area (Å²) in [6.07, 6.45) is 8.91. The van der Waals surface area contributed by atoms with E-state index in [0.717, 1.165) is 16.8 Å². The first-order valence-electron chi connectivity index (χ1n) is 10.4. The zero-order valence-corrected chi connectivity index (χ0v) is 21.8. The number of carbonyl (C=O) groups excluding carboxylic acids is 1. The van der Waals surface area contributed by atoms with E-state index in [1.54, 1.807) is 28.8 Å². The van der Waals surface area contributed by atoms with Gasteiger partial charge in [-0.1, -0.05) is 31.0 Å². The minimum absolute atomic E-state index is 0. The Bertz CT molecular complexity index is 1140. The van der Waals surface area contributed by atoms with E-state index in [0.29, 0.717) is 28.5 Å². The summed E-state index contributed by atoms with van der Waals surface area (Å²) in [5, 5.41) is 11.7. The van der Waals surface area contributed by atoms with Crippen molar-refractivity contribution in [1.82, 2.24) is 14.7 Å². The molecule has 6 nitrogen and oxygen atoms in total. The Hall–Kier alpha value is -1.72. The van der Waals surface area contributed by atoms with Gasteiger partial charge in [-0.3, -0.25) is 0 Å². The fourth-order valence-electron chi connectivity index (χ4n) is 4.32. The minimum atomic E-state index is -0.369. The summed E-state index contributed by atoms with van der Waals surface area (Å²) >= 11 is 0. The van der Waals surface area contributed by atoms with Crippen LogP contribution in [0.15, 0.2) is 36.7 Å². The van der Waals surface area contributed by atoms with E-state index in [1.165, 1.54) is 38.3 Å². The zero-order valence-electron chi connectivity index (χ0n) is 17.7. The Balaban J connectivity index is 0.000000178. The molecule has 1 saturated heterocycles. The summed E-state index contributed by atoms with van der Waals surface area (Å²) in [5.41, 5.74) is 4.47. The van der Waals surface area contributed by atoms with Crippen molar-refractivity contribution in [3.05, 3.63) is 64.4 Å². The molecule has 3 aliphatic rings. The van der Waals surface area contributed by atoms with Crippen molar-refractivity contribution in [2.24, 2.45) is 0 Å². The summed E-state index contributed by atoms with van der Waals surface area (Å²) in [6, 6.07) is 7.42. The van der Waals surface area contributed by atoms with Crippen LogP contribution >= 0.6 is 0 Å². The van der Waals surface area contributed by atoms with E-state index < -0.39 is 0 Å². The van der Waals surface area contributed by atoms with Gasteiger partial charge in [0.1, 0.15) is 0 Å². The average Bonchev–Trinajstić information content (AvgIpc) is 3.35. The number of piperidine rings is 1. The van der Waals surface area contributed by atoms with Crippen molar-refractivity contribution < 1.29 is 40.3 Å². The van der Waals surface area contributed by atoms with Gasteiger partial charge in [-0.15, -0.1) is 11.7 Å². The van der Waals surface area contributed by atoms with E-state index in [2.05, 4.69) is 20.9 Å². The summed E-state index contributed by atoms with van der Waals surface area (Å²) in [7, 11) is 1.95. The number of rotatable bonds is 2. The summed E-state index contributed by atoms with van der Waals surface area (Å²) in [6.45, 7) is 3.00. The molecule has 1 aromatic carbocycles. The largest absolute Gasteiger partial charge is 2.00 e. The molecule has 1 atom stereocenters. The van der Waals surface area contributed by atoms with Gasteiger partial charge >= 0.3 is 31.1 Å². The predicted octanol–water partition coefficient (Wildman–Crippen LogP) is 4.88. The van der Waals surface area contributed by atoms with E-state index in [-0.39, 0.29) is 42.8 Å². The molecule has 1 unspecified atom stereocenters. The van der Waals surface area contributed by atoms with Crippen LogP contribution in [0.1, 0.15) is 41.7 Å². The quantitative estimate of drug-likeness (QED) is 0.433. The second kappa shape index (κ2) is 8.67. The van der Waals surface area contributed by atoms with Gasteiger partial charge in [0.25, 0.3) is 0 Å². The van der Waals surface area contributed by atoms with Gasteiger partial charge in [0, 0.05) is 23.5 Å². The molecule has 4 heterocycles. The van der Waals surface area contributed by atoms with Gasteiger partial charge in [0.15, 0.2) is 11.5 Å². The zero-order chi connectivity index (χ0) is 20.9. The van der Waals surface area contributed by atoms with Crippen LogP contribution in [-0.4, -0.2) is 40.5 Å². The van der Waals surface area contributed by atoms with Gasteiger partial charge < -0.3 is 25.1 Å². The van der Waals surface area contributed by atoms with Crippen molar-refractivity contribution in [3.8, 4) is 11.1 Å². The normalized spacial score (nSPS) is 20.1. The van der Waals surface area contributed by atoms with E-state index in [1.807, 2.05) is 20.2 Å². The number of benzene rings is 1. The van der Waals surface area contributed by atoms with Crippen molar-refractivity contribution in [1.29, 1.82) is 0 Å². The molecular weight excluding hydrogens is 619 g/mol. The Kier molecular flexibility index (Phi) is 6.28. The standard InChI is InChI=1S/C15H10FN3O.C8H15N2.U/c1-8-6-19-7-10(4-12(16)14(19)17-8)9-2-3-11-13(5-9)18-15(11)20;1-9-7-2-5-10-8(6-7)3-4-8;/h2-7H,1H3,(H,18,20);7,10H,2-6H2,1H3;/q;-1;+2/p-1. The number of aryl methyl sites for hydroxylation is 1. The first kappa shape index (κ1) is 22.5. The van der Waals surface area contributed by atoms with Crippen molar-refractivity contribution in [2.75, 3.05) is 13.6 Å². The first-order valence-corrected chi connectivity index (χ1v) is 10.4. The number of nitrogens with zero attached hydrogens (tertiary/aromatic N) is 4. The van der Waals surface area contributed by atoms with Gasteiger partial charge in [-0.2, -0.15) is 7.05 Å². The molecule has 2 fully saturated rings. The summed E-state index contributed by atoms with van der Waals surface area (Å²) in [5.74, 6) is -0.565. The number of hydrogen-bond acceptors (Lipinski definition) is 3. The number of carbonyl (C=O) groups is 1. The van der Waals surface area contributed by atoms with Gasteiger partial charge in [-0.05, 0) is 43.5 Å². The maximum absolute atomic E-state index is 14.0. The fraction of sp³-hybridized carbons (Fsp3) is 0.391. The number of imidazole rings is 1. The molecule has 1 saturated carbocycles. The summed E-state index contributed by atoms with van der Waals surface area (Å²) in [4.78, 5) is 15.3. The molecule has 2 aromatic heterocycles. The fourth-order valence-corrected chi connectivity index (χ4v) is 4.32. The van der Waals surface area contributed by atoms with Gasteiger partial charge in [-0.25, -0.2) is 9.37 Å². The monoisotopic (exact) mass is 643 g/mol. The maximum Gasteiger partial charge on any atom is 2.00 e. The molecule has 0 bridgehead atoms. The summed E-state index contributed by atoms with van der Waals surface area (Å²) < 4.78 is 15.7. The van der Waals surface area contributed by atoms with Crippen LogP contribution in [0, 0.1) is 43.9 Å². The van der Waals surface area contributed by atoms with Crippen LogP contribution < -0.4 is 5.32 Å². The molecule has 1 aliphatic carbocycles. The van der Waals surface area contributed by atoms with Crippen LogP contribution in [0.4, 0.5) is 10.1 Å². The van der Waals surface area contributed by atoms with Crippen molar-refractivity contribution in [2.45, 2.75) is 44.2 Å². The molecular formula is C23H24FN5OU. The average molecular weight is 644 g/mol. The molecule has 3 aromatic rings. The number of halogens is 1.